The molecular formula is C14H11F2NO2. The molecule has 0 saturated heterocycles. The van der Waals surface area contributed by atoms with Gasteiger partial charge in [0.1, 0.15) is 22.9 Å². The van der Waals surface area contributed by atoms with Gasteiger partial charge >= 0.3 is 0 Å². The zero-order valence-electron chi connectivity index (χ0n) is 10.1. The molecular weight excluding hydrogens is 252 g/mol. The predicted octanol–water partition coefficient (Wildman–Crippen LogP) is 3.23. The van der Waals surface area contributed by atoms with E-state index < -0.39 is 23.1 Å². The highest BCUT2D eigenvalue weighted by Gasteiger charge is 2.19. The van der Waals surface area contributed by atoms with Gasteiger partial charge in [0, 0.05) is 5.69 Å². The molecule has 0 unspecified atom stereocenters. The van der Waals surface area contributed by atoms with E-state index in [0.717, 1.165) is 6.07 Å². The third-order valence-electron chi connectivity index (χ3n) is 2.64. The van der Waals surface area contributed by atoms with Crippen LogP contribution in [0.3, 0.4) is 0 Å². The summed E-state index contributed by atoms with van der Waals surface area (Å²) in [4.78, 5) is 11.8. The predicted molar refractivity (Wildman–Crippen MR) is 67.2 cm³/mol. The molecule has 1 amide bonds. The molecule has 0 aliphatic rings. The normalized spacial score (nSPS) is 10.3. The summed E-state index contributed by atoms with van der Waals surface area (Å²) >= 11 is 0. The van der Waals surface area contributed by atoms with Crippen LogP contribution in [0.25, 0.3) is 0 Å². The average molecular weight is 263 g/mol. The number of aromatic hydroxyl groups is 1. The van der Waals surface area contributed by atoms with Crippen LogP contribution < -0.4 is 5.32 Å². The topological polar surface area (TPSA) is 49.3 Å². The standard InChI is InChI=1S/C14H11F2NO2/c1-8-2-7-11(15)12(13(8)16)14(19)17-9-3-5-10(18)6-4-9/h2-7,18H,1H3,(H,17,19). The zero-order valence-corrected chi connectivity index (χ0v) is 10.1. The summed E-state index contributed by atoms with van der Waals surface area (Å²) in [6.45, 7) is 1.45. The summed E-state index contributed by atoms with van der Waals surface area (Å²) in [5.74, 6) is -2.63. The molecule has 2 rings (SSSR count). The van der Waals surface area contributed by atoms with Crippen LogP contribution in [-0.4, -0.2) is 11.0 Å². The summed E-state index contributed by atoms with van der Waals surface area (Å²) in [5, 5.41) is 11.5. The molecule has 0 aliphatic carbocycles. The lowest BCUT2D eigenvalue weighted by Gasteiger charge is -2.08. The molecule has 0 aromatic heterocycles. The smallest absolute Gasteiger partial charge is 0.261 e. The van der Waals surface area contributed by atoms with Gasteiger partial charge in [-0.25, -0.2) is 8.78 Å². The van der Waals surface area contributed by atoms with Crippen LogP contribution in [0.2, 0.25) is 0 Å². The SMILES string of the molecule is Cc1ccc(F)c(C(=O)Nc2ccc(O)cc2)c1F. The van der Waals surface area contributed by atoms with Gasteiger partial charge in [-0.15, -0.1) is 0 Å². The van der Waals surface area contributed by atoms with E-state index in [2.05, 4.69) is 5.32 Å². The Bertz CT molecular complexity index is 624. The molecule has 0 heterocycles. The number of carbonyl (C=O) groups excluding carboxylic acids is 1. The Hall–Kier alpha value is -2.43. The number of phenols is 1. The molecule has 0 fully saturated rings. The van der Waals surface area contributed by atoms with E-state index in [1.165, 1.54) is 37.3 Å². The number of nitrogens with one attached hydrogen (secondary N) is 1. The van der Waals surface area contributed by atoms with Crippen LogP contribution in [0.4, 0.5) is 14.5 Å². The number of rotatable bonds is 2. The Balaban J connectivity index is 2.30. The average Bonchev–Trinajstić information content (AvgIpc) is 2.37. The quantitative estimate of drug-likeness (QED) is 0.817. The van der Waals surface area contributed by atoms with Gasteiger partial charge in [0.05, 0.1) is 0 Å². The number of hydrogen-bond donors (Lipinski definition) is 2. The second-order valence-corrected chi connectivity index (χ2v) is 4.05. The van der Waals surface area contributed by atoms with Gasteiger partial charge in [-0.3, -0.25) is 4.79 Å². The number of amides is 1. The Morgan fingerprint density at radius 3 is 2.37 bits per heavy atom. The maximum absolute atomic E-state index is 13.7. The lowest BCUT2D eigenvalue weighted by atomic mass is 10.1. The number of carbonyl (C=O) groups is 1. The molecule has 0 atom stereocenters. The molecule has 0 saturated carbocycles. The number of benzene rings is 2. The van der Waals surface area contributed by atoms with Crippen LogP contribution in [0.1, 0.15) is 15.9 Å². The van der Waals surface area contributed by atoms with Crippen molar-refractivity contribution in [3.05, 3.63) is 59.2 Å². The lowest BCUT2D eigenvalue weighted by molar-refractivity contribution is 0.101. The van der Waals surface area contributed by atoms with Crippen LogP contribution in [0, 0.1) is 18.6 Å². The second kappa shape index (κ2) is 5.06. The van der Waals surface area contributed by atoms with Crippen molar-refractivity contribution in [1.82, 2.24) is 0 Å². The minimum atomic E-state index is -0.917. The van der Waals surface area contributed by atoms with E-state index in [-0.39, 0.29) is 11.3 Å². The first-order valence-electron chi connectivity index (χ1n) is 5.54. The van der Waals surface area contributed by atoms with Gasteiger partial charge in [-0.1, -0.05) is 6.07 Å². The van der Waals surface area contributed by atoms with Gasteiger partial charge < -0.3 is 10.4 Å². The highest BCUT2D eigenvalue weighted by atomic mass is 19.1. The van der Waals surface area contributed by atoms with E-state index in [1.807, 2.05) is 0 Å². The van der Waals surface area contributed by atoms with Crippen LogP contribution in [0.15, 0.2) is 36.4 Å². The molecule has 2 aromatic carbocycles. The first-order valence-corrected chi connectivity index (χ1v) is 5.54. The fraction of sp³-hybridized carbons (Fsp3) is 0.0714. The molecule has 2 N–H and O–H groups in total. The van der Waals surface area contributed by atoms with E-state index in [9.17, 15) is 13.6 Å². The van der Waals surface area contributed by atoms with E-state index in [4.69, 9.17) is 5.11 Å². The largest absolute Gasteiger partial charge is 0.508 e. The highest BCUT2D eigenvalue weighted by molar-refractivity contribution is 6.04. The van der Waals surface area contributed by atoms with Gasteiger partial charge in [0.15, 0.2) is 0 Å². The first-order chi connectivity index (χ1) is 8.99. The molecule has 0 aliphatic heterocycles. The van der Waals surface area contributed by atoms with E-state index >= 15 is 0 Å². The van der Waals surface area contributed by atoms with Crippen LogP contribution in [-0.2, 0) is 0 Å². The molecule has 0 radical (unpaired) electrons. The maximum atomic E-state index is 13.7. The van der Waals surface area contributed by atoms with Gasteiger partial charge in [0.25, 0.3) is 5.91 Å². The lowest BCUT2D eigenvalue weighted by Crippen LogP contribution is -2.16. The summed E-state index contributed by atoms with van der Waals surface area (Å²) in [7, 11) is 0. The highest BCUT2D eigenvalue weighted by Crippen LogP contribution is 2.19. The van der Waals surface area contributed by atoms with Crippen molar-refractivity contribution in [1.29, 1.82) is 0 Å². The Kier molecular flexibility index (Phi) is 3.46. The summed E-state index contributed by atoms with van der Waals surface area (Å²) < 4.78 is 27.2. The summed E-state index contributed by atoms with van der Waals surface area (Å²) in [5.41, 5.74) is -0.0894. The molecule has 19 heavy (non-hydrogen) atoms. The Morgan fingerprint density at radius 2 is 1.74 bits per heavy atom. The van der Waals surface area contributed by atoms with Crippen LogP contribution >= 0.6 is 0 Å². The summed E-state index contributed by atoms with van der Waals surface area (Å²) in [6.07, 6.45) is 0. The number of halogens is 2. The number of hydrogen-bond acceptors (Lipinski definition) is 2. The molecule has 0 bridgehead atoms. The molecule has 5 heteroatoms. The number of phenolic OH excluding ortho intramolecular Hbond substituents is 1. The maximum Gasteiger partial charge on any atom is 0.261 e. The Morgan fingerprint density at radius 1 is 1.11 bits per heavy atom. The van der Waals surface area contributed by atoms with Gasteiger partial charge in [-0.05, 0) is 42.8 Å². The first kappa shape index (κ1) is 13.0. The Labute approximate surface area is 108 Å². The van der Waals surface area contributed by atoms with Crippen molar-refractivity contribution in [3.8, 4) is 5.75 Å². The fourth-order valence-electron chi connectivity index (χ4n) is 1.60. The van der Waals surface area contributed by atoms with Crippen LogP contribution in [0.5, 0.6) is 5.75 Å². The van der Waals surface area contributed by atoms with E-state index in [0.29, 0.717) is 5.69 Å². The minimum absolute atomic E-state index is 0.0333. The van der Waals surface area contributed by atoms with Crippen molar-refractivity contribution < 1.29 is 18.7 Å². The van der Waals surface area contributed by atoms with Crippen molar-refractivity contribution >= 4 is 11.6 Å². The third kappa shape index (κ3) is 2.70. The monoisotopic (exact) mass is 263 g/mol. The van der Waals surface area contributed by atoms with Gasteiger partial charge in [-0.2, -0.15) is 0 Å². The van der Waals surface area contributed by atoms with E-state index in [1.54, 1.807) is 0 Å². The molecule has 2 aromatic rings. The molecule has 0 spiro atoms. The van der Waals surface area contributed by atoms with Crippen molar-refractivity contribution in [2.45, 2.75) is 6.92 Å². The summed E-state index contributed by atoms with van der Waals surface area (Å²) in [6, 6.07) is 7.89. The number of anilines is 1. The zero-order chi connectivity index (χ0) is 14.0. The third-order valence-corrected chi connectivity index (χ3v) is 2.64. The van der Waals surface area contributed by atoms with Crippen molar-refractivity contribution in [2.24, 2.45) is 0 Å². The molecule has 98 valence electrons. The fourth-order valence-corrected chi connectivity index (χ4v) is 1.60. The van der Waals surface area contributed by atoms with Crippen molar-refractivity contribution in [3.63, 3.8) is 0 Å². The van der Waals surface area contributed by atoms with Crippen molar-refractivity contribution in [2.75, 3.05) is 5.32 Å². The number of aryl methyl sites for hydroxylation is 1. The second-order valence-electron chi connectivity index (χ2n) is 4.05. The minimum Gasteiger partial charge on any atom is -0.508 e. The molecule has 3 nitrogen and oxygen atoms in total. The van der Waals surface area contributed by atoms with Gasteiger partial charge in [0.2, 0.25) is 0 Å².